The monoisotopic (exact) mass is 285 g/mol. The Morgan fingerprint density at radius 1 is 1.33 bits per heavy atom. The summed E-state index contributed by atoms with van der Waals surface area (Å²) in [5, 5.41) is 3.72. The van der Waals surface area contributed by atoms with Crippen molar-refractivity contribution in [2.75, 3.05) is 0 Å². The fourth-order valence-corrected chi connectivity index (χ4v) is 1.27. The molecule has 1 aliphatic rings. The van der Waals surface area contributed by atoms with Gasteiger partial charge in [0, 0.05) is 18.1 Å². The molecule has 0 spiro atoms. The summed E-state index contributed by atoms with van der Waals surface area (Å²) in [6.45, 7) is 3.65. The van der Waals surface area contributed by atoms with E-state index in [-0.39, 0.29) is 38.8 Å². The van der Waals surface area contributed by atoms with Gasteiger partial charge in [-0.15, -0.1) is 0 Å². The minimum atomic E-state index is -0.877. The summed E-state index contributed by atoms with van der Waals surface area (Å²) in [7, 11) is 0. The molecule has 0 saturated heterocycles. The van der Waals surface area contributed by atoms with Crippen LogP contribution in [0.2, 0.25) is 0 Å². The first-order valence-corrected chi connectivity index (χ1v) is 4.18. The van der Waals surface area contributed by atoms with Crippen LogP contribution >= 0.6 is 0 Å². The van der Waals surface area contributed by atoms with Gasteiger partial charge < -0.3 is 11.8 Å². The van der Waals surface area contributed by atoms with Crippen LogP contribution in [0.15, 0.2) is 23.4 Å². The minimum Gasteiger partial charge on any atom is -0.425 e. The molecule has 0 aliphatic carbocycles. The van der Waals surface area contributed by atoms with Gasteiger partial charge in [-0.1, -0.05) is 5.16 Å². The fraction of sp³-hybridized carbons (Fsp3) is 0.200. The molecule has 74 valence electrons. The van der Waals surface area contributed by atoms with Crippen LogP contribution in [0.3, 0.4) is 0 Å². The minimum absolute atomic E-state index is 0. The van der Waals surface area contributed by atoms with Gasteiger partial charge in [-0.3, -0.25) is 0 Å². The normalized spacial score (nSPS) is 19.1. The summed E-state index contributed by atoms with van der Waals surface area (Å²) in [4.78, 5) is 4.85. The average molecular weight is 285 g/mol. The SMILES string of the molecule is [CH2-]C1CC(c2ccc(F)c(F)c2)=NO1.[Y+3]. The molecule has 2 rings (SSSR count). The van der Waals surface area contributed by atoms with E-state index in [1.165, 1.54) is 6.07 Å². The van der Waals surface area contributed by atoms with Crippen LogP contribution in [0, 0.1) is 18.6 Å². The van der Waals surface area contributed by atoms with Crippen LogP contribution < -0.4 is 0 Å². The van der Waals surface area contributed by atoms with E-state index in [1.54, 1.807) is 0 Å². The Hall–Kier alpha value is -0.346. The van der Waals surface area contributed by atoms with Crippen molar-refractivity contribution in [1.82, 2.24) is 0 Å². The molecule has 0 saturated carbocycles. The standard InChI is InChI=1S/C10H8F2NO.Y/c1-6-4-10(13-14-6)7-2-3-8(11)9(12)5-7;/h2-3,5-6H,1,4H2;/q-1;+3. The Bertz CT molecular complexity index is 395. The number of halogens is 2. The van der Waals surface area contributed by atoms with Gasteiger partial charge in [0.15, 0.2) is 11.6 Å². The van der Waals surface area contributed by atoms with Gasteiger partial charge in [-0.25, -0.2) is 8.78 Å². The molecule has 0 N–H and O–H groups in total. The molecule has 1 aromatic carbocycles. The molecule has 0 radical (unpaired) electrons. The Balaban J connectivity index is 0.00000112. The van der Waals surface area contributed by atoms with Crippen molar-refractivity contribution in [2.24, 2.45) is 5.16 Å². The van der Waals surface area contributed by atoms with Gasteiger partial charge in [-0.2, -0.15) is 0 Å². The second-order valence-electron chi connectivity index (χ2n) is 3.10. The van der Waals surface area contributed by atoms with E-state index in [0.29, 0.717) is 17.7 Å². The van der Waals surface area contributed by atoms with Crippen molar-refractivity contribution in [3.63, 3.8) is 0 Å². The first kappa shape index (κ1) is 12.7. The summed E-state index contributed by atoms with van der Waals surface area (Å²) < 4.78 is 25.4. The van der Waals surface area contributed by atoms with E-state index >= 15 is 0 Å². The van der Waals surface area contributed by atoms with E-state index in [4.69, 9.17) is 4.84 Å². The first-order chi connectivity index (χ1) is 6.66. The Morgan fingerprint density at radius 2 is 2.07 bits per heavy atom. The van der Waals surface area contributed by atoms with Crippen LogP contribution in [0.25, 0.3) is 0 Å². The maximum Gasteiger partial charge on any atom is 3.00 e. The zero-order chi connectivity index (χ0) is 10.1. The quantitative estimate of drug-likeness (QED) is 0.725. The van der Waals surface area contributed by atoms with Gasteiger partial charge in [0.1, 0.15) is 0 Å². The van der Waals surface area contributed by atoms with Crippen molar-refractivity contribution in [2.45, 2.75) is 12.5 Å². The van der Waals surface area contributed by atoms with E-state index in [2.05, 4.69) is 12.1 Å². The first-order valence-electron chi connectivity index (χ1n) is 4.18. The van der Waals surface area contributed by atoms with Crippen molar-refractivity contribution in [3.05, 3.63) is 42.3 Å². The smallest absolute Gasteiger partial charge is 0.425 e. The topological polar surface area (TPSA) is 21.6 Å². The Morgan fingerprint density at radius 3 is 2.60 bits per heavy atom. The van der Waals surface area contributed by atoms with Crippen molar-refractivity contribution in [1.29, 1.82) is 0 Å². The van der Waals surface area contributed by atoms with Crippen molar-refractivity contribution in [3.8, 4) is 0 Å². The van der Waals surface area contributed by atoms with Gasteiger partial charge in [0.25, 0.3) is 0 Å². The molecule has 0 bridgehead atoms. The molecule has 0 fully saturated rings. The number of benzene rings is 1. The third kappa shape index (κ3) is 2.82. The third-order valence-corrected chi connectivity index (χ3v) is 1.99. The number of rotatable bonds is 1. The summed E-state index contributed by atoms with van der Waals surface area (Å²) in [5.41, 5.74) is 1.14. The largest absolute Gasteiger partial charge is 3.00 e. The zero-order valence-corrected chi connectivity index (χ0v) is 10.8. The number of oxime groups is 1. The summed E-state index contributed by atoms with van der Waals surface area (Å²) in [5.74, 6) is -1.74. The van der Waals surface area contributed by atoms with Gasteiger partial charge >= 0.3 is 32.7 Å². The predicted molar refractivity (Wildman–Crippen MR) is 47.7 cm³/mol. The summed E-state index contributed by atoms with van der Waals surface area (Å²) in [6, 6.07) is 3.65. The van der Waals surface area contributed by atoms with Gasteiger partial charge in [0.05, 0.1) is 5.71 Å². The zero-order valence-electron chi connectivity index (χ0n) is 7.91. The van der Waals surface area contributed by atoms with Crippen molar-refractivity contribution < 1.29 is 46.3 Å². The summed E-state index contributed by atoms with van der Waals surface area (Å²) >= 11 is 0. The maximum atomic E-state index is 12.8. The van der Waals surface area contributed by atoms with Crippen LogP contribution in [-0.4, -0.2) is 11.8 Å². The molecule has 1 aromatic rings. The van der Waals surface area contributed by atoms with E-state index in [0.717, 1.165) is 12.1 Å². The molecule has 1 heterocycles. The number of nitrogens with zero attached hydrogens (tertiary/aromatic N) is 1. The number of hydrogen-bond acceptors (Lipinski definition) is 2. The summed E-state index contributed by atoms with van der Waals surface area (Å²) in [6.07, 6.45) is 0.281. The molecule has 1 aliphatic heterocycles. The molecule has 5 heteroatoms. The van der Waals surface area contributed by atoms with Crippen LogP contribution in [-0.2, 0) is 37.5 Å². The predicted octanol–water partition coefficient (Wildman–Crippen LogP) is 2.29. The van der Waals surface area contributed by atoms with E-state index < -0.39 is 11.6 Å². The fourth-order valence-electron chi connectivity index (χ4n) is 1.27. The van der Waals surface area contributed by atoms with Gasteiger partial charge in [-0.05, 0) is 18.2 Å². The maximum absolute atomic E-state index is 12.8. The molecule has 2 nitrogen and oxygen atoms in total. The molecule has 15 heavy (non-hydrogen) atoms. The third-order valence-electron chi connectivity index (χ3n) is 1.99. The molecule has 1 atom stereocenters. The number of hydrogen-bond donors (Lipinski definition) is 0. The van der Waals surface area contributed by atoms with E-state index in [1.807, 2.05) is 0 Å². The van der Waals surface area contributed by atoms with Crippen LogP contribution in [0.1, 0.15) is 12.0 Å². The average Bonchev–Trinajstić information content (AvgIpc) is 2.57. The molecule has 1 unspecified atom stereocenters. The molecular weight excluding hydrogens is 277 g/mol. The van der Waals surface area contributed by atoms with Gasteiger partial charge in [0.2, 0.25) is 0 Å². The van der Waals surface area contributed by atoms with E-state index in [9.17, 15) is 8.78 Å². The Kier molecular flexibility index (Phi) is 4.35. The molecule has 0 amide bonds. The second-order valence-corrected chi connectivity index (χ2v) is 3.10. The van der Waals surface area contributed by atoms with Crippen LogP contribution in [0.4, 0.5) is 8.78 Å². The molecule has 0 aromatic heterocycles. The van der Waals surface area contributed by atoms with Crippen LogP contribution in [0.5, 0.6) is 0 Å². The Labute approximate surface area is 112 Å². The molecular formula is C10H8F2NOY+2. The second kappa shape index (κ2) is 5.13. The van der Waals surface area contributed by atoms with Crippen molar-refractivity contribution >= 4 is 5.71 Å².